The largest absolute Gasteiger partial charge is 0.573 e. The smallest absolute Gasteiger partial charge is 0.404 e. The Balaban J connectivity index is 2.39. The molecule has 136 valence electrons. The number of sulfonamides is 1. The molecule has 0 aliphatic carbocycles. The van der Waals surface area contributed by atoms with Gasteiger partial charge in [-0.1, -0.05) is 53.2 Å². The lowest BCUT2D eigenvalue weighted by atomic mass is 10.1. The first-order chi connectivity index (χ1) is 11.6. The van der Waals surface area contributed by atoms with Crippen molar-refractivity contribution in [3.8, 4) is 5.75 Å². The molecule has 0 amide bonds. The Kier molecular flexibility index (Phi) is 6.12. The van der Waals surface area contributed by atoms with E-state index in [4.69, 9.17) is 0 Å². The van der Waals surface area contributed by atoms with Crippen LogP contribution in [-0.2, 0) is 10.0 Å². The lowest BCUT2D eigenvalue weighted by molar-refractivity contribution is -0.275. The summed E-state index contributed by atoms with van der Waals surface area (Å²) in [7, 11) is -4.24. The van der Waals surface area contributed by atoms with Gasteiger partial charge in [0.1, 0.15) is 4.90 Å². The maximum Gasteiger partial charge on any atom is 0.573 e. The van der Waals surface area contributed by atoms with E-state index >= 15 is 0 Å². The fourth-order valence-corrected chi connectivity index (χ4v) is 3.99. The normalized spacial score (nSPS) is 13.5. The van der Waals surface area contributed by atoms with Crippen LogP contribution in [0.3, 0.4) is 0 Å². The topological polar surface area (TPSA) is 55.4 Å². The highest BCUT2D eigenvalue weighted by Crippen LogP contribution is 2.33. The molecule has 2 rings (SSSR count). The summed E-state index contributed by atoms with van der Waals surface area (Å²) in [4.78, 5) is -0.581. The quantitative estimate of drug-likeness (QED) is 0.707. The van der Waals surface area contributed by atoms with Gasteiger partial charge in [-0.15, -0.1) is 13.2 Å². The summed E-state index contributed by atoms with van der Waals surface area (Å²) in [5.74, 6) is -0.794. The van der Waals surface area contributed by atoms with Crippen molar-refractivity contribution >= 4 is 26.0 Å². The van der Waals surface area contributed by atoms with E-state index in [-0.39, 0.29) is 4.47 Å². The first kappa shape index (κ1) is 19.7. The van der Waals surface area contributed by atoms with Crippen molar-refractivity contribution in [2.45, 2.75) is 30.6 Å². The number of halogens is 4. The van der Waals surface area contributed by atoms with Crippen molar-refractivity contribution in [2.24, 2.45) is 0 Å². The SMILES string of the molecule is CCC(NS(=O)(=O)c1ccc(Br)cc1OC(F)(F)F)c1ccccc1. The van der Waals surface area contributed by atoms with Crippen LogP contribution in [0.1, 0.15) is 24.9 Å². The van der Waals surface area contributed by atoms with E-state index in [1.807, 2.05) is 0 Å². The minimum absolute atomic E-state index is 0.265. The van der Waals surface area contributed by atoms with Gasteiger partial charge < -0.3 is 4.74 Å². The highest BCUT2D eigenvalue weighted by Gasteiger charge is 2.34. The molecule has 0 saturated carbocycles. The zero-order chi connectivity index (χ0) is 18.7. The van der Waals surface area contributed by atoms with Gasteiger partial charge in [0.2, 0.25) is 10.0 Å². The fraction of sp³-hybridized carbons (Fsp3) is 0.250. The highest BCUT2D eigenvalue weighted by atomic mass is 79.9. The molecule has 2 aromatic carbocycles. The van der Waals surface area contributed by atoms with Crippen LogP contribution in [-0.4, -0.2) is 14.8 Å². The summed E-state index contributed by atoms with van der Waals surface area (Å²) in [6, 6.07) is 11.6. The number of hydrogen-bond donors (Lipinski definition) is 1. The molecule has 0 aliphatic heterocycles. The van der Waals surface area contributed by atoms with Crippen LogP contribution in [0.15, 0.2) is 57.9 Å². The van der Waals surface area contributed by atoms with E-state index in [0.29, 0.717) is 12.0 Å². The minimum atomic E-state index is -5.01. The lowest BCUT2D eigenvalue weighted by Crippen LogP contribution is -2.29. The molecule has 0 radical (unpaired) electrons. The molecular weight excluding hydrogens is 423 g/mol. The summed E-state index contributed by atoms with van der Waals surface area (Å²) >= 11 is 3.01. The van der Waals surface area contributed by atoms with Gasteiger partial charge in [-0.3, -0.25) is 0 Å². The molecular formula is C16H15BrF3NO3S. The Bertz CT molecular complexity index is 826. The van der Waals surface area contributed by atoms with Gasteiger partial charge in [-0.05, 0) is 30.2 Å². The Morgan fingerprint density at radius 2 is 1.80 bits per heavy atom. The molecule has 25 heavy (non-hydrogen) atoms. The molecule has 0 aromatic heterocycles. The summed E-state index contributed by atoms with van der Waals surface area (Å²) in [5, 5.41) is 0. The average Bonchev–Trinajstić information content (AvgIpc) is 2.51. The van der Waals surface area contributed by atoms with E-state index in [1.165, 1.54) is 6.07 Å². The third-order valence-corrected chi connectivity index (χ3v) is 5.33. The van der Waals surface area contributed by atoms with Gasteiger partial charge in [0.25, 0.3) is 0 Å². The van der Waals surface area contributed by atoms with Crippen LogP contribution >= 0.6 is 15.9 Å². The Morgan fingerprint density at radius 1 is 1.16 bits per heavy atom. The van der Waals surface area contributed by atoms with Crippen LogP contribution in [0.4, 0.5) is 13.2 Å². The van der Waals surface area contributed by atoms with E-state index in [9.17, 15) is 21.6 Å². The molecule has 0 aliphatic rings. The predicted octanol–water partition coefficient (Wildman–Crippen LogP) is 4.78. The van der Waals surface area contributed by atoms with Crippen molar-refractivity contribution < 1.29 is 26.3 Å². The van der Waals surface area contributed by atoms with E-state index in [2.05, 4.69) is 25.4 Å². The number of nitrogens with one attached hydrogen (secondary N) is 1. The van der Waals surface area contributed by atoms with Crippen LogP contribution in [0.2, 0.25) is 0 Å². The first-order valence-corrected chi connectivity index (χ1v) is 9.52. The molecule has 0 spiro atoms. The summed E-state index contributed by atoms with van der Waals surface area (Å²) in [6.07, 6.45) is -4.58. The van der Waals surface area contributed by atoms with Crippen molar-refractivity contribution in [2.75, 3.05) is 0 Å². The Labute approximate surface area is 152 Å². The molecule has 0 fully saturated rings. The van der Waals surface area contributed by atoms with Crippen LogP contribution in [0, 0.1) is 0 Å². The number of rotatable bonds is 6. The van der Waals surface area contributed by atoms with Gasteiger partial charge in [0.05, 0.1) is 0 Å². The molecule has 9 heteroatoms. The molecule has 0 bridgehead atoms. The molecule has 4 nitrogen and oxygen atoms in total. The van der Waals surface area contributed by atoms with E-state index in [1.54, 1.807) is 37.3 Å². The maximum absolute atomic E-state index is 12.6. The number of ether oxygens (including phenoxy) is 1. The second-order valence-electron chi connectivity index (χ2n) is 5.13. The average molecular weight is 438 g/mol. The third-order valence-electron chi connectivity index (χ3n) is 3.33. The first-order valence-electron chi connectivity index (χ1n) is 7.25. The van der Waals surface area contributed by atoms with Crippen molar-refractivity contribution in [1.82, 2.24) is 4.72 Å². The molecule has 0 saturated heterocycles. The van der Waals surface area contributed by atoms with Crippen LogP contribution in [0.25, 0.3) is 0 Å². The number of alkyl halides is 3. The predicted molar refractivity (Wildman–Crippen MR) is 90.6 cm³/mol. The number of hydrogen-bond acceptors (Lipinski definition) is 3. The molecule has 2 aromatic rings. The van der Waals surface area contributed by atoms with E-state index < -0.39 is 33.1 Å². The standard InChI is InChI=1S/C16H15BrF3NO3S/c1-2-13(11-6-4-3-5-7-11)21-25(22,23)15-9-8-12(17)10-14(15)24-16(18,19)20/h3-10,13,21H,2H2,1H3. The Morgan fingerprint density at radius 3 is 2.36 bits per heavy atom. The monoisotopic (exact) mass is 437 g/mol. The minimum Gasteiger partial charge on any atom is -0.404 e. The van der Waals surface area contributed by atoms with Gasteiger partial charge in [-0.2, -0.15) is 0 Å². The van der Waals surface area contributed by atoms with Gasteiger partial charge >= 0.3 is 6.36 Å². The van der Waals surface area contributed by atoms with Crippen molar-refractivity contribution in [3.63, 3.8) is 0 Å². The highest BCUT2D eigenvalue weighted by molar-refractivity contribution is 9.10. The molecule has 0 heterocycles. The fourth-order valence-electron chi connectivity index (χ4n) is 2.23. The zero-order valence-corrected chi connectivity index (χ0v) is 15.5. The van der Waals surface area contributed by atoms with Gasteiger partial charge in [-0.25, -0.2) is 13.1 Å². The summed E-state index contributed by atoms with van der Waals surface area (Å²) in [5.41, 5.74) is 0.712. The molecule has 1 atom stereocenters. The molecule has 1 unspecified atom stereocenters. The maximum atomic E-state index is 12.6. The van der Waals surface area contributed by atoms with Crippen LogP contribution < -0.4 is 9.46 Å². The van der Waals surface area contributed by atoms with E-state index in [0.717, 1.165) is 12.1 Å². The third kappa shape index (κ3) is 5.45. The van der Waals surface area contributed by atoms with Crippen LogP contribution in [0.5, 0.6) is 5.75 Å². The second-order valence-corrected chi connectivity index (χ2v) is 7.73. The zero-order valence-electron chi connectivity index (χ0n) is 13.0. The van der Waals surface area contributed by atoms with Crippen molar-refractivity contribution in [1.29, 1.82) is 0 Å². The second kappa shape index (κ2) is 7.76. The summed E-state index contributed by atoms with van der Waals surface area (Å²) in [6.45, 7) is 1.77. The summed E-state index contributed by atoms with van der Waals surface area (Å²) < 4.78 is 69.6. The van der Waals surface area contributed by atoms with Crippen molar-refractivity contribution in [3.05, 3.63) is 58.6 Å². The number of benzene rings is 2. The molecule has 1 N–H and O–H groups in total. The van der Waals surface area contributed by atoms with Gasteiger partial charge in [0.15, 0.2) is 5.75 Å². The lowest BCUT2D eigenvalue weighted by Gasteiger charge is -2.19. The van der Waals surface area contributed by atoms with Gasteiger partial charge in [0, 0.05) is 10.5 Å². The Hall–Kier alpha value is -1.58.